The molecule has 94 valence electrons. The Bertz CT molecular complexity index is 593. The van der Waals surface area contributed by atoms with Gasteiger partial charge in [0.1, 0.15) is 11.5 Å². The summed E-state index contributed by atoms with van der Waals surface area (Å²) in [5.41, 5.74) is 10.1. The normalized spacial score (nSPS) is 10.4. The van der Waals surface area contributed by atoms with Gasteiger partial charge in [0.05, 0.1) is 3.57 Å². The van der Waals surface area contributed by atoms with Crippen LogP contribution >= 0.6 is 22.6 Å². The van der Waals surface area contributed by atoms with Crippen LogP contribution in [-0.2, 0) is 0 Å². The van der Waals surface area contributed by atoms with Crippen molar-refractivity contribution >= 4 is 28.3 Å². The monoisotopic (exact) mass is 353 g/mol. The van der Waals surface area contributed by atoms with Gasteiger partial charge in [-0.15, -0.1) is 0 Å². The topological polar surface area (TPSA) is 35.2 Å². The SMILES string of the molecule is Cc1cc(C)c(C)c(Oc2ccc(N)cc2I)c1. The molecule has 0 heterocycles. The average Bonchev–Trinajstić information content (AvgIpc) is 2.29. The third-order valence-electron chi connectivity index (χ3n) is 2.94. The van der Waals surface area contributed by atoms with Gasteiger partial charge in [-0.3, -0.25) is 0 Å². The van der Waals surface area contributed by atoms with Gasteiger partial charge in [-0.25, -0.2) is 0 Å². The summed E-state index contributed by atoms with van der Waals surface area (Å²) in [4.78, 5) is 0. The van der Waals surface area contributed by atoms with E-state index in [2.05, 4.69) is 55.5 Å². The van der Waals surface area contributed by atoms with Crippen LogP contribution in [0.15, 0.2) is 30.3 Å². The second-order valence-electron chi connectivity index (χ2n) is 4.50. The molecule has 0 saturated carbocycles. The van der Waals surface area contributed by atoms with Crippen LogP contribution in [-0.4, -0.2) is 0 Å². The molecular formula is C15H16INO. The molecule has 0 aliphatic rings. The Hall–Kier alpha value is -1.23. The molecular weight excluding hydrogens is 337 g/mol. The van der Waals surface area contributed by atoms with E-state index in [4.69, 9.17) is 10.5 Å². The van der Waals surface area contributed by atoms with Crippen molar-refractivity contribution in [2.75, 3.05) is 5.73 Å². The lowest BCUT2D eigenvalue weighted by Gasteiger charge is -2.13. The third-order valence-corrected chi connectivity index (χ3v) is 3.78. The van der Waals surface area contributed by atoms with Crippen LogP contribution in [0.1, 0.15) is 16.7 Å². The Labute approximate surface area is 121 Å². The molecule has 0 aliphatic carbocycles. The number of halogens is 1. The van der Waals surface area contributed by atoms with Crippen molar-refractivity contribution in [3.63, 3.8) is 0 Å². The van der Waals surface area contributed by atoms with Crippen LogP contribution in [0.3, 0.4) is 0 Å². The van der Waals surface area contributed by atoms with Crippen LogP contribution in [0.2, 0.25) is 0 Å². The molecule has 0 amide bonds. The van der Waals surface area contributed by atoms with Gasteiger partial charge in [0.25, 0.3) is 0 Å². The van der Waals surface area contributed by atoms with Crippen LogP contribution in [0.5, 0.6) is 11.5 Å². The van der Waals surface area contributed by atoms with E-state index in [-0.39, 0.29) is 0 Å². The number of ether oxygens (including phenoxy) is 1. The van der Waals surface area contributed by atoms with Crippen molar-refractivity contribution < 1.29 is 4.74 Å². The van der Waals surface area contributed by atoms with Gasteiger partial charge in [-0.05, 0) is 84.3 Å². The highest BCUT2D eigenvalue weighted by atomic mass is 127. The van der Waals surface area contributed by atoms with Crippen molar-refractivity contribution in [1.82, 2.24) is 0 Å². The summed E-state index contributed by atoms with van der Waals surface area (Å²) in [5, 5.41) is 0. The first kappa shape index (κ1) is 13.2. The molecule has 0 fully saturated rings. The van der Waals surface area contributed by atoms with E-state index in [1.165, 1.54) is 16.7 Å². The number of hydrogen-bond donors (Lipinski definition) is 1. The summed E-state index contributed by atoms with van der Waals surface area (Å²) < 4.78 is 7.01. The highest BCUT2D eigenvalue weighted by Crippen LogP contribution is 2.32. The fraction of sp³-hybridized carbons (Fsp3) is 0.200. The van der Waals surface area contributed by atoms with Gasteiger partial charge in [0, 0.05) is 5.69 Å². The maximum absolute atomic E-state index is 5.99. The number of rotatable bonds is 2. The second kappa shape index (κ2) is 5.18. The number of nitrogen functional groups attached to an aromatic ring is 1. The molecule has 2 nitrogen and oxygen atoms in total. The molecule has 0 atom stereocenters. The smallest absolute Gasteiger partial charge is 0.140 e. The van der Waals surface area contributed by atoms with Gasteiger partial charge in [0.15, 0.2) is 0 Å². The predicted octanol–water partition coefficient (Wildman–Crippen LogP) is 4.59. The standard InChI is InChI=1S/C15H16INO/c1-9-6-10(2)11(3)15(7-9)18-14-5-4-12(17)8-13(14)16/h4-8H,17H2,1-3H3. The van der Waals surface area contributed by atoms with E-state index in [1.54, 1.807) is 0 Å². The van der Waals surface area contributed by atoms with Crippen molar-refractivity contribution in [2.45, 2.75) is 20.8 Å². The molecule has 0 aromatic heterocycles. The lowest BCUT2D eigenvalue weighted by Crippen LogP contribution is -1.94. The zero-order chi connectivity index (χ0) is 13.3. The highest BCUT2D eigenvalue weighted by molar-refractivity contribution is 14.1. The molecule has 18 heavy (non-hydrogen) atoms. The van der Waals surface area contributed by atoms with Crippen LogP contribution in [0.25, 0.3) is 0 Å². The van der Waals surface area contributed by atoms with E-state index in [0.29, 0.717) is 0 Å². The summed E-state index contributed by atoms with van der Waals surface area (Å²) in [7, 11) is 0. The lowest BCUT2D eigenvalue weighted by molar-refractivity contribution is 0.474. The van der Waals surface area contributed by atoms with Crippen LogP contribution in [0.4, 0.5) is 5.69 Å². The quantitative estimate of drug-likeness (QED) is 0.633. The fourth-order valence-electron chi connectivity index (χ4n) is 1.83. The van der Waals surface area contributed by atoms with Crippen molar-refractivity contribution in [3.8, 4) is 11.5 Å². The van der Waals surface area contributed by atoms with Crippen molar-refractivity contribution in [2.24, 2.45) is 0 Å². The third kappa shape index (κ3) is 2.77. The lowest BCUT2D eigenvalue weighted by atomic mass is 10.1. The fourth-order valence-corrected chi connectivity index (χ4v) is 2.47. The summed E-state index contributed by atoms with van der Waals surface area (Å²) in [6.07, 6.45) is 0. The molecule has 2 aromatic rings. The van der Waals surface area contributed by atoms with Gasteiger partial charge < -0.3 is 10.5 Å². The molecule has 3 heteroatoms. The van der Waals surface area contributed by atoms with E-state index in [9.17, 15) is 0 Å². The number of benzene rings is 2. The minimum atomic E-state index is 0.754. The van der Waals surface area contributed by atoms with Gasteiger partial charge >= 0.3 is 0 Å². The van der Waals surface area contributed by atoms with E-state index in [0.717, 1.165) is 20.8 Å². The molecule has 2 N–H and O–H groups in total. The summed E-state index contributed by atoms with van der Waals surface area (Å²) in [6, 6.07) is 9.91. The summed E-state index contributed by atoms with van der Waals surface area (Å²) >= 11 is 2.24. The number of aryl methyl sites for hydroxylation is 2. The molecule has 0 aliphatic heterocycles. The van der Waals surface area contributed by atoms with Crippen molar-refractivity contribution in [1.29, 1.82) is 0 Å². The molecule has 0 spiro atoms. The highest BCUT2D eigenvalue weighted by Gasteiger charge is 2.08. The maximum atomic E-state index is 5.99. The van der Waals surface area contributed by atoms with Gasteiger partial charge in [-0.2, -0.15) is 0 Å². The molecule has 0 bridgehead atoms. The van der Waals surface area contributed by atoms with Crippen LogP contribution < -0.4 is 10.5 Å². The Morgan fingerprint density at radius 2 is 1.72 bits per heavy atom. The maximum Gasteiger partial charge on any atom is 0.140 e. The predicted molar refractivity (Wildman–Crippen MR) is 84.3 cm³/mol. The number of hydrogen-bond acceptors (Lipinski definition) is 2. The molecule has 0 unspecified atom stereocenters. The van der Waals surface area contributed by atoms with E-state index < -0.39 is 0 Å². The van der Waals surface area contributed by atoms with E-state index >= 15 is 0 Å². The first-order chi connectivity index (χ1) is 8.47. The first-order valence-electron chi connectivity index (χ1n) is 5.78. The minimum absolute atomic E-state index is 0.754. The zero-order valence-electron chi connectivity index (χ0n) is 10.8. The molecule has 0 radical (unpaired) electrons. The number of nitrogens with two attached hydrogens (primary N) is 1. The molecule has 2 rings (SSSR count). The largest absolute Gasteiger partial charge is 0.456 e. The average molecular weight is 353 g/mol. The first-order valence-corrected chi connectivity index (χ1v) is 6.86. The van der Waals surface area contributed by atoms with Crippen molar-refractivity contribution in [3.05, 3.63) is 50.6 Å². The van der Waals surface area contributed by atoms with Gasteiger partial charge in [-0.1, -0.05) is 6.07 Å². The van der Waals surface area contributed by atoms with E-state index in [1.807, 2.05) is 18.2 Å². The zero-order valence-corrected chi connectivity index (χ0v) is 12.9. The Balaban J connectivity index is 2.40. The Morgan fingerprint density at radius 1 is 1.00 bits per heavy atom. The summed E-state index contributed by atoms with van der Waals surface area (Å²) in [6.45, 7) is 6.25. The molecule has 2 aromatic carbocycles. The van der Waals surface area contributed by atoms with Gasteiger partial charge in [0.2, 0.25) is 0 Å². The van der Waals surface area contributed by atoms with Crippen LogP contribution in [0, 0.1) is 24.3 Å². The summed E-state index contributed by atoms with van der Waals surface area (Å²) in [5.74, 6) is 1.76. The number of anilines is 1. The minimum Gasteiger partial charge on any atom is -0.456 e. The Kier molecular flexibility index (Phi) is 3.80. The second-order valence-corrected chi connectivity index (χ2v) is 5.66. The molecule has 0 saturated heterocycles. The Morgan fingerprint density at radius 3 is 2.39 bits per heavy atom.